The van der Waals surface area contributed by atoms with Crippen LogP contribution in [-0.4, -0.2) is 53.0 Å². The zero-order valence-electron chi connectivity index (χ0n) is 11.8. The van der Waals surface area contributed by atoms with Crippen LogP contribution < -0.4 is 4.90 Å². The molecule has 1 aliphatic heterocycles. The van der Waals surface area contributed by atoms with Crippen molar-refractivity contribution in [3.63, 3.8) is 0 Å². The summed E-state index contributed by atoms with van der Waals surface area (Å²) in [5.41, 5.74) is 0. The monoisotopic (exact) mass is 311 g/mol. The first-order chi connectivity index (χ1) is 9.99. The SMILES string of the molecule is CN(CC(=O)N1CCCC[C@@H]1C(=O)O)c1ccc(Cl)cn1. The maximum Gasteiger partial charge on any atom is 0.326 e. The number of aromatic nitrogens is 1. The molecule has 0 bridgehead atoms. The Morgan fingerprint density at radius 2 is 2.24 bits per heavy atom. The average molecular weight is 312 g/mol. The minimum absolute atomic E-state index is 0.0956. The van der Waals surface area contributed by atoms with Gasteiger partial charge in [0.05, 0.1) is 11.6 Å². The van der Waals surface area contributed by atoms with Crippen LogP contribution in [0, 0.1) is 0 Å². The first kappa shape index (κ1) is 15.6. The summed E-state index contributed by atoms with van der Waals surface area (Å²) in [6.07, 6.45) is 3.72. The maximum atomic E-state index is 12.3. The third kappa shape index (κ3) is 3.85. The molecule has 7 heteroatoms. The molecule has 1 aliphatic rings. The zero-order chi connectivity index (χ0) is 15.4. The lowest BCUT2D eigenvalue weighted by Crippen LogP contribution is -2.50. The Hall–Kier alpha value is -1.82. The van der Waals surface area contributed by atoms with Gasteiger partial charge >= 0.3 is 5.97 Å². The summed E-state index contributed by atoms with van der Waals surface area (Å²) < 4.78 is 0. The molecular formula is C14H18ClN3O3. The third-order valence-electron chi connectivity index (χ3n) is 3.58. The number of hydrogen-bond donors (Lipinski definition) is 1. The van der Waals surface area contributed by atoms with Gasteiger partial charge in [0.15, 0.2) is 0 Å². The number of rotatable bonds is 4. The molecule has 1 fully saturated rings. The molecule has 1 aromatic rings. The van der Waals surface area contributed by atoms with Gasteiger partial charge in [0.25, 0.3) is 0 Å². The van der Waals surface area contributed by atoms with Crippen molar-refractivity contribution in [2.24, 2.45) is 0 Å². The molecule has 21 heavy (non-hydrogen) atoms. The maximum absolute atomic E-state index is 12.3. The number of hydrogen-bond acceptors (Lipinski definition) is 4. The number of carbonyl (C=O) groups is 2. The Morgan fingerprint density at radius 1 is 1.48 bits per heavy atom. The van der Waals surface area contributed by atoms with E-state index in [1.54, 1.807) is 24.1 Å². The van der Waals surface area contributed by atoms with E-state index in [4.69, 9.17) is 11.6 Å². The normalized spacial score (nSPS) is 18.4. The van der Waals surface area contributed by atoms with Gasteiger partial charge in [-0.2, -0.15) is 0 Å². The summed E-state index contributed by atoms with van der Waals surface area (Å²) in [4.78, 5) is 30.8. The second kappa shape index (κ2) is 6.76. The van der Waals surface area contributed by atoms with Crippen LogP contribution in [0.2, 0.25) is 5.02 Å². The Bertz CT molecular complexity index is 521. The largest absolute Gasteiger partial charge is 0.480 e. The van der Waals surface area contributed by atoms with Crippen LogP contribution in [0.15, 0.2) is 18.3 Å². The van der Waals surface area contributed by atoms with E-state index in [1.165, 1.54) is 11.1 Å². The van der Waals surface area contributed by atoms with Gasteiger partial charge in [0.2, 0.25) is 5.91 Å². The van der Waals surface area contributed by atoms with E-state index in [0.717, 1.165) is 12.8 Å². The van der Waals surface area contributed by atoms with Crippen molar-refractivity contribution in [3.8, 4) is 0 Å². The summed E-state index contributed by atoms with van der Waals surface area (Å²) >= 11 is 5.78. The van der Waals surface area contributed by atoms with E-state index in [-0.39, 0.29) is 12.5 Å². The molecule has 0 spiro atoms. The summed E-state index contributed by atoms with van der Waals surface area (Å²) in [7, 11) is 1.74. The van der Waals surface area contributed by atoms with E-state index in [9.17, 15) is 14.7 Å². The average Bonchev–Trinajstić information content (AvgIpc) is 2.47. The number of halogens is 1. The number of nitrogens with zero attached hydrogens (tertiary/aromatic N) is 3. The van der Waals surface area contributed by atoms with Crippen molar-refractivity contribution in [2.45, 2.75) is 25.3 Å². The molecule has 1 N–H and O–H groups in total. The van der Waals surface area contributed by atoms with Crippen LogP contribution in [0.1, 0.15) is 19.3 Å². The lowest BCUT2D eigenvalue weighted by atomic mass is 10.0. The van der Waals surface area contributed by atoms with Crippen LogP contribution in [0.25, 0.3) is 0 Å². The van der Waals surface area contributed by atoms with Crippen molar-refractivity contribution in [1.82, 2.24) is 9.88 Å². The predicted molar refractivity (Wildman–Crippen MR) is 79.5 cm³/mol. The van der Waals surface area contributed by atoms with Gasteiger partial charge in [-0.3, -0.25) is 4.79 Å². The van der Waals surface area contributed by atoms with Crippen molar-refractivity contribution < 1.29 is 14.7 Å². The zero-order valence-corrected chi connectivity index (χ0v) is 12.6. The van der Waals surface area contributed by atoms with E-state index >= 15 is 0 Å². The Morgan fingerprint density at radius 3 is 2.86 bits per heavy atom. The van der Waals surface area contributed by atoms with Gasteiger partial charge in [-0.25, -0.2) is 9.78 Å². The Labute approximate surface area is 128 Å². The van der Waals surface area contributed by atoms with Crippen LogP contribution >= 0.6 is 11.6 Å². The first-order valence-electron chi connectivity index (χ1n) is 6.84. The van der Waals surface area contributed by atoms with Crippen molar-refractivity contribution in [3.05, 3.63) is 23.4 Å². The van der Waals surface area contributed by atoms with Crippen LogP contribution in [0.4, 0.5) is 5.82 Å². The lowest BCUT2D eigenvalue weighted by Gasteiger charge is -2.34. The van der Waals surface area contributed by atoms with Gasteiger partial charge in [-0.05, 0) is 31.4 Å². The summed E-state index contributed by atoms with van der Waals surface area (Å²) in [5.74, 6) is -0.506. The Kier molecular flexibility index (Phi) is 5.01. The fraction of sp³-hybridized carbons (Fsp3) is 0.500. The highest BCUT2D eigenvalue weighted by Crippen LogP contribution is 2.18. The number of carboxylic acids is 1. The van der Waals surface area contributed by atoms with Gasteiger partial charge in [-0.1, -0.05) is 11.6 Å². The molecule has 0 saturated carbocycles. The second-order valence-corrected chi connectivity index (χ2v) is 5.56. The number of likely N-dealkylation sites (N-methyl/N-ethyl adjacent to an activating group) is 1. The quantitative estimate of drug-likeness (QED) is 0.915. The molecule has 0 unspecified atom stereocenters. The molecule has 2 rings (SSSR count). The van der Waals surface area contributed by atoms with E-state index < -0.39 is 12.0 Å². The number of carbonyl (C=O) groups excluding carboxylic acids is 1. The van der Waals surface area contributed by atoms with Crippen LogP contribution in [0.5, 0.6) is 0 Å². The fourth-order valence-corrected chi connectivity index (χ4v) is 2.57. The van der Waals surface area contributed by atoms with Gasteiger partial charge in [0, 0.05) is 19.8 Å². The Balaban J connectivity index is 2.02. The number of likely N-dealkylation sites (tertiary alicyclic amines) is 1. The van der Waals surface area contributed by atoms with Crippen molar-refractivity contribution >= 4 is 29.3 Å². The minimum Gasteiger partial charge on any atom is -0.480 e. The molecule has 2 heterocycles. The minimum atomic E-state index is -0.935. The molecule has 1 atom stereocenters. The fourth-order valence-electron chi connectivity index (χ4n) is 2.46. The molecule has 0 radical (unpaired) electrons. The molecular weight excluding hydrogens is 294 g/mol. The summed E-state index contributed by atoms with van der Waals surface area (Å²) in [6, 6.07) is 2.71. The summed E-state index contributed by atoms with van der Waals surface area (Å²) in [6.45, 7) is 0.593. The second-order valence-electron chi connectivity index (χ2n) is 5.13. The number of pyridine rings is 1. The molecule has 1 amide bonds. The molecule has 114 valence electrons. The molecule has 1 aromatic heterocycles. The highest BCUT2D eigenvalue weighted by Gasteiger charge is 2.32. The molecule has 1 saturated heterocycles. The number of carboxylic acid groups (broad SMARTS) is 1. The van der Waals surface area contributed by atoms with E-state index in [1.807, 2.05) is 0 Å². The van der Waals surface area contributed by atoms with Crippen LogP contribution in [-0.2, 0) is 9.59 Å². The third-order valence-corrected chi connectivity index (χ3v) is 3.81. The van der Waals surface area contributed by atoms with Crippen molar-refractivity contribution in [1.29, 1.82) is 0 Å². The smallest absolute Gasteiger partial charge is 0.326 e. The molecule has 0 aromatic carbocycles. The first-order valence-corrected chi connectivity index (χ1v) is 7.22. The standard InChI is InChI=1S/C14H18ClN3O3/c1-17(12-6-5-10(15)8-16-12)9-13(19)18-7-3-2-4-11(18)14(20)21/h5-6,8,11H,2-4,7,9H2,1H3,(H,20,21)/t11-/m1/s1. The van der Waals surface area contributed by atoms with Gasteiger partial charge in [-0.15, -0.1) is 0 Å². The van der Waals surface area contributed by atoms with E-state index in [0.29, 0.717) is 23.8 Å². The highest BCUT2D eigenvalue weighted by molar-refractivity contribution is 6.30. The van der Waals surface area contributed by atoms with Gasteiger partial charge < -0.3 is 14.9 Å². The van der Waals surface area contributed by atoms with Crippen LogP contribution in [0.3, 0.4) is 0 Å². The number of amides is 1. The van der Waals surface area contributed by atoms with E-state index in [2.05, 4.69) is 4.98 Å². The van der Waals surface area contributed by atoms with Gasteiger partial charge in [0.1, 0.15) is 11.9 Å². The molecule has 0 aliphatic carbocycles. The predicted octanol–water partition coefficient (Wildman–Crippen LogP) is 1.64. The number of aliphatic carboxylic acids is 1. The van der Waals surface area contributed by atoms with Crippen molar-refractivity contribution in [2.75, 3.05) is 25.0 Å². The number of piperidine rings is 1. The highest BCUT2D eigenvalue weighted by atomic mass is 35.5. The molecule has 6 nitrogen and oxygen atoms in total. The topological polar surface area (TPSA) is 73.7 Å². The summed E-state index contributed by atoms with van der Waals surface area (Å²) in [5, 5.41) is 9.73. The lowest BCUT2D eigenvalue weighted by molar-refractivity contribution is -0.151. The number of anilines is 1.